The van der Waals surface area contributed by atoms with Crippen LogP contribution in [0.1, 0.15) is 40.4 Å². The summed E-state index contributed by atoms with van der Waals surface area (Å²) in [5, 5.41) is 3.00. The number of nitrogens with zero attached hydrogens (tertiary/aromatic N) is 1. The molecule has 0 spiro atoms. The Morgan fingerprint density at radius 3 is 2.03 bits per heavy atom. The fourth-order valence-corrected chi connectivity index (χ4v) is 3.50. The van der Waals surface area contributed by atoms with E-state index in [4.69, 9.17) is 4.74 Å². The van der Waals surface area contributed by atoms with Crippen LogP contribution in [-0.4, -0.2) is 36.3 Å². The lowest BCUT2D eigenvalue weighted by Gasteiger charge is -2.26. The first-order chi connectivity index (χ1) is 16.1. The van der Waals surface area contributed by atoms with Gasteiger partial charge in [-0.1, -0.05) is 78.9 Å². The van der Waals surface area contributed by atoms with Gasteiger partial charge in [0.15, 0.2) is 0 Å². The third-order valence-electron chi connectivity index (χ3n) is 5.30. The van der Waals surface area contributed by atoms with Gasteiger partial charge in [0, 0.05) is 18.7 Å². The van der Waals surface area contributed by atoms with Crippen LogP contribution >= 0.6 is 0 Å². The molecule has 0 aromatic heterocycles. The van der Waals surface area contributed by atoms with Crippen LogP contribution in [0.5, 0.6) is 0 Å². The van der Waals surface area contributed by atoms with E-state index < -0.39 is 6.04 Å². The van der Waals surface area contributed by atoms with Crippen LogP contribution in [0, 0.1) is 0 Å². The molecule has 3 aromatic carbocycles. The lowest BCUT2D eigenvalue weighted by atomic mass is 10.0. The Morgan fingerprint density at radius 2 is 1.42 bits per heavy atom. The van der Waals surface area contributed by atoms with E-state index in [1.54, 1.807) is 29.2 Å². The Morgan fingerprint density at radius 1 is 0.848 bits per heavy atom. The van der Waals surface area contributed by atoms with Gasteiger partial charge < -0.3 is 15.0 Å². The number of benzene rings is 3. The van der Waals surface area contributed by atoms with Crippen LogP contribution in [0.15, 0.2) is 91.0 Å². The van der Waals surface area contributed by atoms with Crippen LogP contribution in [0.25, 0.3) is 0 Å². The van der Waals surface area contributed by atoms with E-state index in [1.807, 2.05) is 66.7 Å². The van der Waals surface area contributed by atoms with Crippen molar-refractivity contribution >= 4 is 17.8 Å². The monoisotopic (exact) mass is 444 g/mol. The topological polar surface area (TPSA) is 75.7 Å². The molecule has 0 saturated carbocycles. The predicted octanol–water partition coefficient (Wildman–Crippen LogP) is 4.14. The fraction of sp³-hybridized carbons (Fsp3) is 0.222. The molecule has 0 bridgehead atoms. The third-order valence-corrected chi connectivity index (χ3v) is 5.30. The molecule has 0 aliphatic carbocycles. The van der Waals surface area contributed by atoms with Crippen LogP contribution in [0.2, 0.25) is 0 Å². The zero-order chi connectivity index (χ0) is 23.5. The number of ether oxygens (including phenoxy) is 1. The van der Waals surface area contributed by atoms with E-state index in [9.17, 15) is 14.4 Å². The van der Waals surface area contributed by atoms with Gasteiger partial charge in [-0.15, -0.1) is 0 Å². The number of esters is 1. The van der Waals surface area contributed by atoms with Crippen molar-refractivity contribution in [1.82, 2.24) is 10.2 Å². The molecule has 33 heavy (non-hydrogen) atoms. The lowest BCUT2D eigenvalue weighted by Crippen LogP contribution is -2.37. The maximum Gasteiger partial charge on any atom is 0.307 e. The summed E-state index contributed by atoms with van der Waals surface area (Å²) in [5.74, 6) is -0.788. The molecule has 2 amide bonds. The van der Waals surface area contributed by atoms with Crippen molar-refractivity contribution in [2.24, 2.45) is 0 Å². The number of methoxy groups -OCH3 is 1. The summed E-state index contributed by atoms with van der Waals surface area (Å²) in [4.78, 5) is 39.6. The Labute approximate surface area is 194 Å². The van der Waals surface area contributed by atoms with E-state index in [0.29, 0.717) is 12.1 Å². The van der Waals surface area contributed by atoms with Gasteiger partial charge in [-0.05, 0) is 23.3 Å². The average molecular weight is 445 g/mol. The molecule has 1 atom stereocenters. The number of rotatable bonds is 10. The maximum atomic E-state index is 13.4. The Hall–Kier alpha value is -3.93. The van der Waals surface area contributed by atoms with E-state index in [0.717, 1.165) is 11.1 Å². The molecule has 0 heterocycles. The smallest absolute Gasteiger partial charge is 0.307 e. The quantitative estimate of drug-likeness (QED) is 0.477. The average Bonchev–Trinajstić information content (AvgIpc) is 2.87. The highest BCUT2D eigenvalue weighted by Crippen LogP contribution is 2.20. The van der Waals surface area contributed by atoms with Crippen molar-refractivity contribution in [1.29, 1.82) is 0 Å². The van der Waals surface area contributed by atoms with Crippen molar-refractivity contribution in [3.05, 3.63) is 108 Å². The van der Waals surface area contributed by atoms with Gasteiger partial charge in [0.2, 0.25) is 5.91 Å². The van der Waals surface area contributed by atoms with Gasteiger partial charge in [-0.3, -0.25) is 14.4 Å². The molecule has 6 nitrogen and oxygen atoms in total. The van der Waals surface area contributed by atoms with Gasteiger partial charge in [-0.2, -0.15) is 0 Å². The highest BCUT2D eigenvalue weighted by Gasteiger charge is 2.23. The van der Waals surface area contributed by atoms with E-state index >= 15 is 0 Å². The molecule has 0 saturated heterocycles. The van der Waals surface area contributed by atoms with Crippen LogP contribution in [-0.2, 0) is 20.9 Å². The standard InChI is InChI=1S/C27H28N2O4/c1-33-26(31)17-18-29(20-21-11-5-2-6-12-21)25(30)19-24(22-13-7-3-8-14-22)28-27(32)23-15-9-4-10-16-23/h2-16,24H,17-20H2,1H3,(H,28,32). The minimum Gasteiger partial charge on any atom is -0.469 e. The summed E-state index contributed by atoms with van der Waals surface area (Å²) in [6.45, 7) is 0.597. The maximum absolute atomic E-state index is 13.4. The summed E-state index contributed by atoms with van der Waals surface area (Å²) in [6, 6.07) is 27.4. The van der Waals surface area contributed by atoms with E-state index in [2.05, 4.69) is 5.32 Å². The largest absolute Gasteiger partial charge is 0.469 e. The van der Waals surface area contributed by atoms with Gasteiger partial charge >= 0.3 is 5.97 Å². The molecule has 0 aliphatic rings. The fourth-order valence-electron chi connectivity index (χ4n) is 3.50. The number of carbonyl (C=O) groups excluding carboxylic acids is 3. The van der Waals surface area contributed by atoms with Crippen molar-refractivity contribution in [3.63, 3.8) is 0 Å². The summed E-state index contributed by atoms with van der Waals surface area (Å²) < 4.78 is 4.75. The Kier molecular flexibility index (Phi) is 8.77. The normalized spacial score (nSPS) is 11.3. The van der Waals surface area contributed by atoms with Gasteiger partial charge in [0.1, 0.15) is 0 Å². The number of hydrogen-bond donors (Lipinski definition) is 1. The second kappa shape index (κ2) is 12.2. The van der Waals surface area contributed by atoms with Crippen molar-refractivity contribution in [2.45, 2.75) is 25.4 Å². The lowest BCUT2D eigenvalue weighted by molar-refractivity contribution is -0.142. The molecule has 3 rings (SSSR count). The Bertz CT molecular complexity index is 1040. The molecular formula is C27H28N2O4. The molecular weight excluding hydrogens is 416 g/mol. The second-order valence-corrected chi connectivity index (χ2v) is 7.63. The van der Waals surface area contributed by atoms with Crippen molar-refractivity contribution in [2.75, 3.05) is 13.7 Å². The predicted molar refractivity (Wildman–Crippen MR) is 126 cm³/mol. The first-order valence-electron chi connectivity index (χ1n) is 10.9. The SMILES string of the molecule is COC(=O)CCN(Cc1ccccc1)C(=O)CC(NC(=O)c1ccccc1)c1ccccc1. The van der Waals surface area contributed by atoms with Gasteiger partial charge in [0.25, 0.3) is 5.91 Å². The third kappa shape index (κ3) is 7.31. The van der Waals surface area contributed by atoms with Crippen molar-refractivity contribution < 1.29 is 19.1 Å². The number of carbonyl (C=O) groups is 3. The first kappa shape index (κ1) is 23.7. The minimum absolute atomic E-state index is 0.0661. The molecule has 0 aliphatic heterocycles. The molecule has 3 aromatic rings. The van der Waals surface area contributed by atoms with Crippen molar-refractivity contribution in [3.8, 4) is 0 Å². The van der Waals surface area contributed by atoms with E-state index in [1.165, 1.54) is 7.11 Å². The second-order valence-electron chi connectivity index (χ2n) is 7.63. The molecule has 0 fully saturated rings. The summed E-state index contributed by atoms with van der Waals surface area (Å²) in [7, 11) is 1.33. The first-order valence-corrected chi connectivity index (χ1v) is 10.9. The number of hydrogen-bond acceptors (Lipinski definition) is 4. The molecule has 1 N–H and O–H groups in total. The summed E-state index contributed by atoms with van der Waals surface area (Å²) >= 11 is 0. The molecule has 1 unspecified atom stereocenters. The highest BCUT2D eigenvalue weighted by molar-refractivity contribution is 5.94. The van der Waals surface area contributed by atoms with Gasteiger partial charge in [-0.25, -0.2) is 0 Å². The van der Waals surface area contributed by atoms with Crippen LogP contribution in [0.3, 0.4) is 0 Å². The molecule has 6 heteroatoms. The minimum atomic E-state index is -0.511. The van der Waals surface area contributed by atoms with Gasteiger partial charge in [0.05, 0.1) is 26.0 Å². The zero-order valence-electron chi connectivity index (χ0n) is 18.6. The zero-order valence-corrected chi connectivity index (χ0v) is 18.6. The molecule has 170 valence electrons. The Balaban J connectivity index is 1.79. The number of amides is 2. The summed E-state index contributed by atoms with van der Waals surface area (Å²) in [6.07, 6.45) is 0.165. The van der Waals surface area contributed by atoms with E-state index in [-0.39, 0.29) is 37.2 Å². The summed E-state index contributed by atoms with van der Waals surface area (Å²) in [5.41, 5.74) is 2.32. The highest BCUT2D eigenvalue weighted by atomic mass is 16.5. The van der Waals surface area contributed by atoms with Crippen LogP contribution < -0.4 is 5.32 Å². The number of nitrogens with one attached hydrogen (secondary N) is 1. The molecule has 0 radical (unpaired) electrons. The van der Waals surface area contributed by atoms with Crippen LogP contribution in [0.4, 0.5) is 0 Å².